The third-order valence-corrected chi connectivity index (χ3v) is 3.64. The van der Waals surface area contributed by atoms with Gasteiger partial charge in [-0.25, -0.2) is 0 Å². The number of nitrogens with zero attached hydrogens (tertiary/aromatic N) is 1. The van der Waals surface area contributed by atoms with E-state index in [1.54, 1.807) is 0 Å². The SMILES string of the molecule is N#Cc1ccccc1CNCC1CCCC(O)C1. The maximum atomic E-state index is 9.61. The zero-order valence-corrected chi connectivity index (χ0v) is 10.6. The third-order valence-electron chi connectivity index (χ3n) is 3.64. The second-order valence-corrected chi connectivity index (χ2v) is 5.09. The lowest BCUT2D eigenvalue weighted by molar-refractivity contribution is 0.101. The molecule has 1 saturated carbocycles. The van der Waals surface area contributed by atoms with Crippen molar-refractivity contribution in [2.24, 2.45) is 5.92 Å². The molecule has 0 radical (unpaired) electrons. The van der Waals surface area contributed by atoms with Gasteiger partial charge in [-0.2, -0.15) is 5.26 Å². The standard InChI is InChI=1S/C15H20N2O/c16-9-13-5-1-2-6-14(13)11-17-10-12-4-3-7-15(18)8-12/h1-2,5-6,12,15,17-18H,3-4,7-8,10-11H2. The van der Waals surface area contributed by atoms with Crippen LogP contribution >= 0.6 is 0 Å². The normalized spacial score (nSPS) is 23.6. The number of rotatable bonds is 4. The van der Waals surface area contributed by atoms with E-state index in [1.165, 1.54) is 6.42 Å². The Morgan fingerprint density at radius 2 is 2.17 bits per heavy atom. The molecule has 1 fully saturated rings. The summed E-state index contributed by atoms with van der Waals surface area (Å²) in [4.78, 5) is 0. The van der Waals surface area contributed by atoms with Crippen LogP contribution in [0.1, 0.15) is 36.8 Å². The van der Waals surface area contributed by atoms with Crippen molar-refractivity contribution < 1.29 is 5.11 Å². The van der Waals surface area contributed by atoms with Crippen molar-refractivity contribution >= 4 is 0 Å². The number of nitriles is 1. The van der Waals surface area contributed by atoms with Gasteiger partial charge in [-0.05, 0) is 43.4 Å². The molecule has 0 heterocycles. The molecular weight excluding hydrogens is 224 g/mol. The van der Waals surface area contributed by atoms with Crippen LogP contribution in [0, 0.1) is 17.2 Å². The summed E-state index contributed by atoms with van der Waals surface area (Å²) in [5.74, 6) is 0.572. The van der Waals surface area contributed by atoms with Crippen molar-refractivity contribution in [3.05, 3.63) is 35.4 Å². The minimum Gasteiger partial charge on any atom is -0.393 e. The molecular formula is C15H20N2O. The zero-order valence-electron chi connectivity index (χ0n) is 10.6. The molecule has 2 atom stereocenters. The molecule has 0 aliphatic heterocycles. The number of hydrogen-bond acceptors (Lipinski definition) is 3. The first-order chi connectivity index (χ1) is 8.79. The van der Waals surface area contributed by atoms with Crippen LogP contribution in [0.5, 0.6) is 0 Å². The summed E-state index contributed by atoms with van der Waals surface area (Å²) in [5.41, 5.74) is 1.80. The molecule has 2 unspecified atom stereocenters. The highest BCUT2D eigenvalue weighted by Crippen LogP contribution is 2.23. The minimum absolute atomic E-state index is 0.114. The lowest BCUT2D eigenvalue weighted by atomic mass is 9.87. The number of hydrogen-bond donors (Lipinski definition) is 2. The summed E-state index contributed by atoms with van der Waals surface area (Å²) >= 11 is 0. The highest BCUT2D eigenvalue weighted by molar-refractivity contribution is 5.37. The van der Waals surface area contributed by atoms with Gasteiger partial charge in [0.25, 0.3) is 0 Å². The van der Waals surface area contributed by atoms with E-state index in [1.807, 2.05) is 24.3 Å². The van der Waals surface area contributed by atoms with E-state index in [9.17, 15) is 5.11 Å². The van der Waals surface area contributed by atoms with Crippen molar-refractivity contribution in [3.8, 4) is 6.07 Å². The topological polar surface area (TPSA) is 56.0 Å². The van der Waals surface area contributed by atoms with Crippen LogP contribution in [-0.4, -0.2) is 17.8 Å². The first-order valence-electron chi connectivity index (χ1n) is 6.66. The Bertz CT molecular complexity index is 425. The fourth-order valence-electron chi connectivity index (χ4n) is 2.64. The van der Waals surface area contributed by atoms with Crippen LogP contribution in [-0.2, 0) is 6.54 Å². The van der Waals surface area contributed by atoms with Gasteiger partial charge in [0.05, 0.1) is 17.7 Å². The Labute approximate surface area is 108 Å². The second-order valence-electron chi connectivity index (χ2n) is 5.09. The second kappa shape index (κ2) is 6.53. The molecule has 0 bridgehead atoms. The van der Waals surface area contributed by atoms with Crippen LogP contribution in [0.15, 0.2) is 24.3 Å². The van der Waals surface area contributed by atoms with Gasteiger partial charge in [0.2, 0.25) is 0 Å². The van der Waals surface area contributed by atoms with Crippen molar-refractivity contribution in [3.63, 3.8) is 0 Å². The first-order valence-corrected chi connectivity index (χ1v) is 6.66. The monoisotopic (exact) mass is 244 g/mol. The predicted octanol–water partition coefficient (Wildman–Crippen LogP) is 2.20. The van der Waals surface area contributed by atoms with Gasteiger partial charge in [0.15, 0.2) is 0 Å². The molecule has 0 saturated heterocycles. The van der Waals surface area contributed by atoms with Crippen molar-refractivity contribution in [2.75, 3.05) is 6.54 Å². The average molecular weight is 244 g/mol. The fourth-order valence-corrected chi connectivity index (χ4v) is 2.64. The van der Waals surface area contributed by atoms with E-state index in [0.29, 0.717) is 5.92 Å². The first kappa shape index (κ1) is 13.1. The molecule has 0 aromatic heterocycles. The van der Waals surface area contributed by atoms with Crippen molar-refractivity contribution in [1.29, 1.82) is 5.26 Å². The van der Waals surface area contributed by atoms with Gasteiger partial charge in [-0.1, -0.05) is 24.6 Å². The Balaban J connectivity index is 1.80. The van der Waals surface area contributed by atoms with Gasteiger partial charge in [0.1, 0.15) is 0 Å². The van der Waals surface area contributed by atoms with Crippen LogP contribution in [0.3, 0.4) is 0 Å². The Kier molecular flexibility index (Phi) is 4.74. The molecule has 18 heavy (non-hydrogen) atoms. The smallest absolute Gasteiger partial charge is 0.0995 e. The highest BCUT2D eigenvalue weighted by Gasteiger charge is 2.19. The summed E-state index contributed by atoms with van der Waals surface area (Å²) in [5, 5.41) is 22.0. The Hall–Kier alpha value is -1.37. The molecule has 3 heteroatoms. The minimum atomic E-state index is -0.114. The van der Waals surface area contributed by atoms with Crippen LogP contribution < -0.4 is 5.32 Å². The molecule has 1 aromatic rings. The van der Waals surface area contributed by atoms with Crippen LogP contribution in [0.4, 0.5) is 0 Å². The number of benzene rings is 1. The summed E-state index contributed by atoms with van der Waals surface area (Å²) in [6, 6.07) is 9.90. The zero-order chi connectivity index (χ0) is 12.8. The molecule has 2 N–H and O–H groups in total. The quantitative estimate of drug-likeness (QED) is 0.853. The molecule has 1 aromatic carbocycles. The third kappa shape index (κ3) is 3.56. The van der Waals surface area contributed by atoms with Gasteiger partial charge in [0, 0.05) is 6.54 Å². The molecule has 1 aliphatic rings. The molecule has 0 spiro atoms. The van der Waals surface area contributed by atoms with Gasteiger partial charge < -0.3 is 10.4 Å². The van der Waals surface area contributed by atoms with E-state index in [4.69, 9.17) is 5.26 Å². The molecule has 1 aliphatic carbocycles. The lowest BCUT2D eigenvalue weighted by Gasteiger charge is -2.26. The summed E-state index contributed by atoms with van der Waals surface area (Å²) in [6.07, 6.45) is 4.07. The van der Waals surface area contributed by atoms with Gasteiger partial charge >= 0.3 is 0 Å². The van der Waals surface area contributed by atoms with Crippen LogP contribution in [0.25, 0.3) is 0 Å². The van der Waals surface area contributed by atoms with E-state index in [2.05, 4.69) is 11.4 Å². The van der Waals surface area contributed by atoms with Gasteiger partial charge in [-0.15, -0.1) is 0 Å². The highest BCUT2D eigenvalue weighted by atomic mass is 16.3. The van der Waals surface area contributed by atoms with Crippen molar-refractivity contribution in [2.45, 2.75) is 38.3 Å². The number of aliphatic hydroxyl groups excluding tert-OH is 1. The van der Waals surface area contributed by atoms with E-state index in [0.717, 1.165) is 43.5 Å². The molecule has 0 amide bonds. The summed E-state index contributed by atoms with van der Waals surface area (Å²) < 4.78 is 0. The summed E-state index contributed by atoms with van der Waals surface area (Å²) in [7, 11) is 0. The van der Waals surface area contributed by atoms with E-state index < -0.39 is 0 Å². The Morgan fingerprint density at radius 3 is 2.94 bits per heavy atom. The maximum absolute atomic E-state index is 9.61. The number of nitrogens with one attached hydrogen (secondary N) is 1. The molecule has 2 rings (SSSR count). The van der Waals surface area contributed by atoms with Crippen LogP contribution in [0.2, 0.25) is 0 Å². The van der Waals surface area contributed by atoms with Gasteiger partial charge in [-0.3, -0.25) is 0 Å². The largest absolute Gasteiger partial charge is 0.393 e. The lowest BCUT2D eigenvalue weighted by Crippen LogP contribution is -2.29. The average Bonchev–Trinajstić information content (AvgIpc) is 2.39. The fraction of sp³-hybridized carbons (Fsp3) is 0.533. The summed E-state index contributed by atoms with van der Waals surface area (Å²) in [6.45, 7) is 1.66. The Morgan fingerprint density at radius 1 is 1.33 bits per heavy atom. The van der Waals surface area contributed by atoms with E-state index in [-0.39, 0.29) is 6.10 Å². The predicted molar refractivity (Wildman–Crippen MR) is 70.8 cm³/mol. The maximum Gasteiger partial charge on any atom is 0.0995 e. The molecule has 3 nitrogen and oxygen atoms in total. The molecule has 96 valence electrons. The van der Waals surface area contributed by atoms with Crippen molar-refractivity contribution in [1.82, 2.24) is 5.32 Å². The van der Waals surface area contributed by atoms with E-state index >= 15 is 0 Å². The number of aliphatic hydroxyl groups is 1.